The number of rotatable bonds is 5. The molecule has 1 saturated carbocycles. The second-order valence-electron chi connectivity index (χ2n) is 5.33. The first kappa shape index (κ1) is 13.2. The molecule has 1 heterocycles. The van der Waals surface area contributed by atoms with Gasteiger partial charge in [-0.25, -0.2) is 4.98 Å². The van der Waals surface area contributed by atoms with Gasteiger partial charge in [-0.05, 0) is 37.7 Å². The quantitative estimate of drug-likeness (QED) is 0.828. The summed E-state index contributed by atoms with van der Waals surface area (Å²) in [5, 5.41) is 6.72. The number of nitrogens with one attached hydrogen (secondary N) is 2. The van der Waals surface area contributed by atoms with Crippen molar-refractivity contribution in [3.8, 4) is 0 Å². The third-order valence-electron chi connectivity index (χ3n) is 3.93. The van der Waals surface area contributed by atoms with Gasteiger partial charge in [0, 0.05) is 31.0 Å². The van der Waals surface area contributed by atoms with E-state index in [0.29, 0.717) is 6.04 Å². The van der Waals surface area contributed by atoms with Crippen LogP contribution in [-0.4, -0.2) is 18.1 Å². The molecule has 0 atom stereocenters. The zero-order chi connectivity index (χ0) is 12.8. The van der Waals surface area contributed by atoms with Gasteiger partial charge in [-0.1, -0.05) is 19.8 Å². The molecule has 0 aliphatic heterocycles. The molecule has 1 fully saturated rings. The molecular weight excluding hydrogens is 222 g/mol. The molecule has 18 heavy (non-hydrogen) atoms. The van der Waals surface area contributed by atoms with Crippen LogP contribution in [0.2, 0.25) is 0 Å². The largest absolute Gasteiger partial charge is 0.382 e. The van der Waals surface area contributed by atoms with Crippen LogP contribution >= 0.6 is 0 Å². The lowest BCUT2D eigenvalue weighted by atomic mass is 9.83. The molecule has 0 radical (unpaired) electrons. The van der Waals surface area contributed by atoms with E-state index in [9.17, 15) is 0 Å². The fourth-order valence-electron chi connectivity index (χ4n) is 2.90. The molecule has 0 saturated heterocycles. The SMILES string of the molecule is CCCC1CCC(Nc2ccnc(NC)c2)CC1. The maximum Gasteiger partial charge on any atom is 0.127 e. The van der Waals surface area contributed by atoms with Gasteiger partial charge in [-0.15, -0.1) is 0 Å². The van der Waals surface area contributed by atoms with Crippen molar-refractivity contribution in [2.24, 2.45) is 5.92 Å². The molecule has 1 aliphatic rings. The maximum absolute atomic E-state index is 4.24. The van der Waals surface area contributed by atoms with E-state index in [0.717, 1.165) is 11.7 Å². The predicted molar refractivity (Wildman–Crippen MR) is 78.1 cm³/mol. The summed E-state index contributed by atoms with van der Waals surface area (Å²) in [6.45, 7) is 2.29. The number of hydrogen-bond acceptors (Lipinski definition) is 3. The summed E-state index contributed by atoms with van der Waals surface area (Å²) in [7, 11) is 1.90. The van der Waals surface area contributed by atoms with E-state index in [1.807, 2.05) is 13.2 Å². The first-order chi connectivity index (χ1) is 8.81. The van der Waals surface area contributed by atoms with Crippen molar-refractivity contribution in [2.75, 3.05) is 17.7 Å². The van der Waals surface area contributed by atoms with Crippen molar-refractivity contribution < 1.29 is 0 Å². The van der Waals surface area contributed by atoms with Gasteiger partial charge in [0.05, 0.1) is 0 Å². The molecule has 0 unspecified atom stereocenters. The maximum atomic E-state index is 4.24. The van der Waals surface area contributed by atoms with Crippen molar-refractivity contribution >= 4 is 11.5 Å². The topological polar surface area (TPSA) is 37.0 Å². The number of hydrogen-bond donors (Lipinski definition) is 2. The fourth-order valence-corrected chi connectivity index (χ4v) is 2.90. The monoisotopic (exact) mass is 247 g/mol. The first-order valence-corrected chi connectivity index (χ1v) is 7.22. The summed E-state index contributed by atoms with van der Waals surface area (Å²) < 4.78 is 0. The Hall–Kier alpha value is -1.25. The molecule has 1 aromatic heterocycles. The van der Waals surface area contributed by atoms with E-state index in [-0.39, 0.29) is 0 Å². The molecule has 2 rings (SSSR count). The number of aromatic nitrogens is 1. The summed E-state index contributed by atoms with van der Waals surface area (Å²) >= 11 is 0. The Kier molecular flexibility index (Phi) is 4.85. The lowest BCUT2D eigenvalue weighted by Crippen LogP contribution is -2.26. The Bertz CT molecular complexity index is 357. The van der Waals surface area contributed by atoms with Crippen LogP contribution in [-0.2, 0) is 0 Å². The van der Waals surface area contributed by atoms with E-state index in [1.54, 1.807) is 0 Å². The van der Waals surface area contributed by atoms with Crippen LogP contribution in [0.1, 0.15) is 45.4 Å². The van der Waals surface area contributed by atoms with Gasteiger partial charge >= 0.3 is 0 Å². The minimum Gasteiger partial charge on any atom is -0.382 e. The predicted octanol–water partition coefficient (Wildman–Crippen LogP) is 3.89. The lowest BCUT2D eigenvalue weighted by Gasteiger charge is -2.29. The summed E-state index contributed by atoms with van der Waals surface area (Å²) in [5.74, 6) is 1.90. The van der Waals surface area contributed by atoms with Crippen molar-refractivity contribution in [2.45, 2.75) is 51.5 Å². The van der Waals surface area contributed by atoms with Crippen molar-refractivity contribution in [3.05, 3.63) is 18.3 Å². The normalized spacial score (nSPS) is 23.7. The third kappa shape index (κ3) is 3.62. The standard InChI is InChI=1S/C15H25N3/c1-3-4-12-5-7-13(8-6-12)18-14-9-10-17-15(11-14)16-2/h9-13H,3-8H2,1-2H3,(H2,16,17,18). The van der Waals surface area contributed by atoms with Crippen molar-refractivity contribution in [1.82, 2.24) is 4.98 Å². The molecule has 0 bridgehead atoms. The Morgan fingerprint density at radius 2 is 2.06 bits per heavy atom. The molecule has 100 valence electrons. The van der Waals surface area contributed by atoms with Gasteiger partial charge in [0.25, 0.3) is 0 Å². The van der Waals surface area contributed by atoms with E-state index >= 15 is 0 Å². The third-order valence-corrected chi connectivity index (χ3v) is 3.93. The van der Waals surface area contributed by atoms with Crippen molar-refractivity contribution in [3.63, 3.8) is 0 Å². The van der Waals surface area contributed by atoms with Crippen LogP contribution in [0, 0.1) is 5.92 Å². The van der Waals surface area contributed by atoms with Crippen LogP contribution < -0.4 is 10.6 Å². The summed E-state index contributed by atoms with van der Waals surface area (Å²) in [6, 6.07) is 4.78. The highest BCUT2D eigenvalue weighted by molar-refractivity contribution is 5.52. The summed E-state index contributed by atoms with van der Waals surface area (Å²) in [4.78, 5) is 4.24. The van der Waals surface area contributed by atoms with E-state index in [4.69, 9.17) is 0 Å². The van der Waals surface area contributed by atoms with Crippen LogP contribution in [0.3, 0.4) is 0 Å². The zero-order valence-corrected chi connectivity index (χ0v) is 11.6. The van der Waals surface area contributed by atoms with Crippen LogP contribution in [0.25, 0.3) is 0 Å². The second kappa shape index (κ2) is 6.62. The molecule has 1 aromatic rings. The Labute approximate surface area is 110 Å². The van der Waals surface area contributed by atoms with Crippen LogP contribution in [0.5, 0.6) is 0 Å². The molecule has 0 aromatic carbocycles. The van der Waals surface area contributed by atoms with Gasteiger partial charge in [-0.3, -0.25) is 0 Å². The smallest absolute Gasteiger partial charge is 0.127 e. The minimum absolute atomic E-state index is 0.644. The average molecular weight is 247 g/mol. The highest BCUT2D eigenvalue weighted by atomic mass is 15.0. The summed E-state index contributed by atoms with van der Waals surface area (Å²) in [6.07, 6.45) is 9.98. The molecule has 0 spiro atoms. The van der Waals surface area contributed by atoms with Crippen LogP contribution in [0.4, 0.5) is 11.5 Å². The Balaban J connectivity index is 1.83. The van der Waals surface area contributed by atoms with Gasteiger partial charge < -0.3 is 10.6 Å². The Morgan fingerprint density at radius 1 is 1.28 bits per heavy atom. The minimum atomic E-state index is 0.644. The van der Waals surface area contributed by atoms with Crippen LogP contribution in [0.15, 0.2) is 18.3 Å². The molecule has 3 nitrogen and oxygen atoms in total. The number of anilines is 2. The zero-order valence-electron chi connectivity index (χ0n) is 11.6. The van der Waals surface area contributed by atoms with Gasteiger partial charge in [0.2, 0.25) is 0 Å². The number of nitrogens with zero attached hydrogens (tertiary/aromatic N) is 1. The molecule has 2 N–H and O–H groups in total. The Morgan fingerprint density at radius 3 is 2.72 bits per heavy atom. The molecule has 0 amide bonds. The van der Waals surface area contributed by atoms with Gasteiger partial charge in [-0.2, -0.15) is 0 Å². The highest BCUT2D eigenvalue weighted by Gasteiger charge is 2.20. The molecular formula is C15H25N3. The lowest BCUT2D eigenvalue weighted by molar-refractivity contribution is 0.319. The summed E-state index contributed by atoms with van der Waals surface area (Å²) in [5.41, 5.74) is 1.19. The van der Waals surface area contributed by atoms with Crippen molar-refractivity contribution in [1.29, 1.82) is 0 Å². The van der Waals surface area contributed by atoms with E-state index in [2.05, 4.69) is 34.7 Å². The second-order valence-corrected chi connectivity index (χ2v) is 5.33. The average Bonchev–Trinajstić information content (AvgIpc) is 2.42. The van der Waals surface area contributed by atoms with Gasteiger partial charge in [0.15, 0.2) is 0 Å². The number of pyridine rings is 1. The highest BCUT2D eigenvalue weighted by Crippen LogP contribution is 2.29. The van der Waals surface area contributed by atoms with E-state index in [1.165, 1.54) is 44.2 Å². The molecule has 3 heteroatoms. The fraction of sp³-hybridized carbons (Fsp3) is 0.667. The first-order valence-electron chi connectivity index (χ1n) is 7.22. The molecule has 1 aliphatic carbocycles. The van der Waals surface area contributed by atoms with E-state index < -0.39 is 0 Å². The van der Waals surface area contributed by atoms with Gasteiger partial charge in [0.1, 0.15) is 5.82 Å².